The number of urea groups is 1. The molecule has 0 saturated carbocycles. The average molecular weight is 454 g/mol. The maximum atomic E-state index is 12.5. The molecule has 0 radical (unpaired) electrons. The molecule has 30 heavy (non-hydrogen) atoms. The number of carbonyl (C=O) groups is 2. The summed E-state index contributed by atoms with van der Waals surface area (Å²) in [6.45, 7) is 2.09. The van der Waals surface area contributed by atoms with Crippen molar-refractivity contribution in [2.45, 2.75) is 24.7 Å². The average Bonchev–Trinajstić information content (AvgIpc) is 2.73. The second-order valence-electron chi connectivity index (χ2n) is 6.33. The molecule has 0 aliphatic rings. The van der Waals surface area contributed by atoms with Gasteiger partial charge in [0.1, 0.15) is 5.75 Å². The molecule has 2 rings (SSSR count). The number of benzene rings is 2. The molecule has 0 atom stereocenters. The van der Waals surface area contributed by atoms with E-state index in [0.29, 0.717) is 40.3 Å². The van der Waals surface area contributed by atoms with Gasteiger partial charge in [0.2, 0.25) is 0 Å². The number of aryl methyl sites for hydroxylation is 1. The van der Waals surface area contributed by atoms with Crippen LogP contribution in [0.4, 0.5) is 4.79 Å². The van der Waals surface area contributed by atoms with Crippen molar-refractivity contribution in [1.82, 2.24) is 15.4 Å². The summed E-state index contributed by atoms with van der Waals surface area (Å²) in [5.41, 5.74) is 1.59. The largest absolute Gasteiger partial charge is 0.496 e. The van der Waals surface area contributed by atoms with Crippen LogP contribution in [-0.2, 0) is 22.9 Å². The number of nitrogens with one attached hydrogen (secondary N) is 3. The minimum atomic E-state index is -4.02. The third-order valence-electron chi connectivity index (χ3n) is 4.36. The van der Waals surface area contributed by atoms with E-state index in [1.807, 2.05) is 11.6 Å². The molecule has 2 aromatic carbocycles. The van der Waals surface area contributed by atoms with Crippen LogP contribution in [0.1, 0.15) is 28.4 Å². The standard InChI is InChI=1S/C20H24ClN3O5S/c1-4-14-6-5-13(11-18(14)30(27,28)24-20(26)22-2)9-10-23-19(25)16-12-15(21)7-8-17(16)29-3/h5-8,11-12H,4,9-10H2,1-3H3,(H,23,25)(H2,22,24,26). The van der Waals surface area contributed by atoms with Gasteiger partial charge in [0.15, 0.2) is 0 Å². The number of hydrogen-bond donors (Lipinski definition) is 3. The van der Waals surface area contributed by atoms with Crippen LogP contribution < -0.4 is 20.1 Å². The topological polar surface area (TPSA) is 114 Å². The van der Waals surface area contributed by atoms with Crippen molar-refractivity contribution in [2.24, 2.45) is 0 Å². The predicted octanol–water partition coefficient (Wildman–Crippen LogP) is 2.50. The third-order valence-corrected chi connectivity index (χ3v) is 6.01. The van der Waals surface area contributed by atoms with Gasteiger partial charge in [-0.2, -0.15) is 0 Å². The highest BCUT2D eigenvalue weighted by Crippen LogP contribution is 2.23. The fourth-order valence-corrected chi connectivity index (χ4v) is 4.29. The van der Waals surface area contributed by atoms with Crippen molar-refractivity contribution in [1.29, 1.82) is 0 Å². The number of methoxy groups -OCH3 is 1. The Morgan fingerprint density at radius 2 is 1.87 bits per heavy atom. The lowest BCUT2D eigenvalue weighted by Gasteiger charge is -2.13. The first kappa shape index (κ1) is 23.5. The molecule has 0 saturated heterocycles. The van der Waals surface area contributed by atoms with Gasteiger partial charge in [0.05, 0.1) is 17.6 Å². The van der Waals surface area contributed by atoms with Crippen molar-refractivity contribution in [3.8, 4) is 5.75 Å². The molecule has 2 aromatic rings. The summed E-state index contributed by atoms with van der Waals surface area (Å²) in [6.07, 6.45) is 0.872. The van der Waals surface area contributed by atoms with Gasteiger partial charge in [-0.3, -0.25) is 4.79 Å². The number of ether oxygens (including phenoxy) is 1. The summed E-state index contributed by atoms with van der Waals surface area (Å²) in [6, 6.07) is 8.94. The Morgan fingerprint density at radius 3 is 2.50 bits per heavy atom. The summed E-state index contributed by atoms with van der Waals surface area (Å²) < 4.78 is 32.2. The molecule has 0 unspecified atom stereocenters. The van der Waals surface area contributed by atoms with Gasteiger partial charge < -0.3 is 15.4 Å². The predicted molar refractivity (Wildman–Crippen MR) is 115 cm³/mol. The van der Waals surface area contributed by atoms with Crippen LogP contribution in [0.25, 0.3) is 0 Å². The molecule has 0 aromatic heterocycles. The molecule has 0 bridgehead atoms. The molecular weight excluding hydrogens is 430 g/mol. The molecule has 0 heterocycles. The lowest BCUT2D eigenvalue weighted by molar-refractivity contribution is 0.0951. The summed E-state index contributed by atoms with van der Waals surface area (Å²) in [7, 11) is -1.22. The van der Waals surface area contributed by atoms with Crippen molar-refractivity contribution in [3.63, 3.8) is 0 Å². The number of amides is 3. The minimum absolute atomic E-state index is 0.0361. The highest BCUT2D eigenvalue weighted by molar-refractivity contribution is 7.90. The molecule has 0 aliphatic carbocycles. The van der Waals surface area contributed by atoms with Crippen molar-refractivity contribution < 1.29 is 22.7 Å². The zero-order valence-electron chi connectivity index (χ0n) is 16.9. The van der Waals surface area contributed by atoms with E-state index in [0.717, 1.165) is 0 Å². The van der Waals surface area contributed by atoms with E-state index in [1.165, 1.54) is 26.3 Å². The Kier molecular flexibility index (Phi) is 8.08. The summed E-state index contributed by atoms with van der Waals surface area (Å²) in [5, 5.41) is 5.40. The van der Waals surface area contributed by atoms with Crippen LogP contribution in [0.5, 0.6) is 5.75 Å². The fraction of sp³-hybridized carbons (Fsp3) is 0.300. The Labute approximate surface area is 181 Å². The lowest BCUT2D eigenvalue weighted by Crippen LogP contribution is -2.37. The first-order chi connectivity index (χ1) is 14.2. The third kappa shape index (κ3) is 5.87. The van der Waals surface area contributed by atoms with Gasteiger partial charge >= 0.3 is 6.03 Å². The summed E-state index contributed by atoms with van der Waals surface area (Å²) in [5.74, 6) is 0.0477. The number of rotatable bonds is 8. The molecule has 10 heteroatoms. The van der Waals surface area contributed by atoms with Crippen LogP contribution in [-0.4, -0.2) is 41.1 Å². The number of hydrogen-bond acceptors (Lipinski definition) is 5. The second-order valence-corrected chi connectivity index (χ2v) is 8.42. The van der Waals surface area contributed by atoms with Gasteiger partial charge in [-0.1, -0.05) is 30.7 Å². The number of sulfonamides is 1. The van der Waals surface area contributed by atoms with E-state index in [9.17, 15) is 18.0 Å². The maximum Gasteiger partial charge on any atom is 0.328 e. The first-order valence-electron chi connectivity index (χ1n) is 9.20. The monoisotopic (exact) mass is 453 g/mol. The van der Waals surface area contributed by atoms with Crippen LogP contribution in [0.3, 0.4) is 0 Å². The Morgan fingerprint density at radius 1 is 1.13 bits per heavy atom. The second kappa shape index (κ2) is 10.3. The Hall–Kier alpha value is -2.78. The zero-order valence-corrected chi connectivity index (χ0v) is 18.5. The van der Waals surface area contributed by atoms with E-state index in [-0.39, 0.29) is 17.3 Å². The summed E-state index contributed by atoms with van der Waals surface area (Å²) >= 11 is 5.96. The fourth-order valence-electron chi connectivity index (χ4n) is 2.80. The van der Waals surface area contributed by atoms with Crippen molar-refractivity contribution in [2.75, 3.05) is 20.7 Å². The molecule has 8 nitrogen and oxygen atoms in total. The van der Waals surface area contributed by atoms with Crippen molar-refractivity contribution in [3.05, 3.63) is 58.1 Å². The van der Waals surface area contributed by atoms with Crippen LogP contribution >= 0.6 is 11.6 Å². The minimum Gasteiger partial charge on any atom is -0.496 e. The molecule has 0 aliphatic heterocycles. The Balaban J connectivity index is 2.14. The van der Waals surface area contributed by atoms with Gasteiger partial charge in [-0.25, -0.2) is 17.9 Å². The molecule has 3 amide bonds. The van der Waals surface area contributed by atoms with Gasteiger partial charge in [-0.05, 0) is 48.2 Å². The molecule has 3 N–H and O–H groups in total. The van der Waals surface area contributed by atoms with E-state index >= 15 is 0 Å². The number of carbonyl (C=O) groups excluding carboxylic acids is 2. The highest BCUT2D eigenvalue weighted by Gasteiger charge is 2.21. The van der Waals surface area contributed by atoms with Crippen LogP contribution in [0, 0.1) is 0 Å². The van der Waals surface area contributed by atoms with Gasteiger partial charge in [0, 0.05) is 18.6 Å². The number of halogens is 1. The lowest BCUT2D eigenvalue weighted by atomic mass is 10.1. The van der Waals surface area contributed by atoms with E-state index in [4.69, 9.17) is 16.3 Å². The molecule has 162 valence electrons. The molecule has 0 fully saturated rings. The van der Waals surface area contributed by atoms with Crippen LogP contribution in [0.2, 0.25) is 5.02 Å². The van der Waals surface area contributed by atoms with E-state index < -0.39 is 16.1 Å². The van der Waals surface area contributed by atoms with Crippen LogP contribution in [0.15, 0.2) is 41.3 Å². The normalized spacial score (nSPS) is 10.9. The quantitative estimate of drug-likeness (QED) is 0.568. The Bertz CT molecular complexity index is 1040. The van der Waals surface area contributed by atoms with Crippen molar-refractivity contribution >= 4 is 33.6 Å². The molecular formula is C20H24ClN3O5S. The van der Waals surface area contributed by atoms with E-state index in [1.54, 1.807) is 24.3 Å². The SMILES string of the molecule is CCc1ccc(CCNC(=O)c2cc(Cl)ccc2OC)cc1S(=O)(=O)NC(=O)NC. The summed E-state index contributed by atoms with van der Waals surface area (Å²) in [4.78, 5) is 24.0. The van der Waals surface area contributed by atoms with Gasteiger partial charge in [0.25, 0.3) is 15.9 Å². The zero-order chi connectivity index (χ0) is 22.3. The van der Waals surface area contributed by atoms with E-state index in [2.05, 4.69) is 10.6 Å². The molecule has 0 spiro atoms. The highest BCUT2D eigenvalue weighted by atomic mass is 35.5. The first-order valence-corrected chi connectivity index (χ1v) is 11.1. The smallest absolute Gasteiger partial charge is 0.328 e. The maximum absolute atomic E-state index is 12.5. The van der Waals surface area contributed by atoms with Gasteiger partial charge in [-0.15, -0.1) is 0 Å².